The molecule has 266 valence electrons. The van der Waals surface area contributed by atoms with Crippen LogP contribution in [-0.4, -0.2) is 50.1 Å². The Hall–Kier alpha value is -2.14. The van der Waals surface area contributed by atoms with Gasteiger partial charge in [0.25, 0.3) is 0 Å². The molecule has 0 aliphatic heterocycles. The van der Waals surface area contributed by atoms with Crippen molar-refractivity contribution in [3.05, 3.63) is 48.6 Å². The van der Waals surface area contributed by atoms with Crippen molar-refractivity contribution in [2.24, 2.45) is 0 Å². The predicted molar refractivity (Wildman–Crippen MR) is 200 cm³/mol. The van der Waals surface area contributed by atoms with Gasteiger partial charge in [-0.25, -0.2) is 4.79 Å². The Labute approximate surface area is 285 Å². The Balaban J connectivity index is 3.85. The van der Waals surface area contributed by atoms with Gasteiger partial charge in [-0.1, -0.05) is 133 Å². The Morgan fingerprint density at radius 2 is 0.978 bits per heavy atom. The molecule has 0 radical (unpaired) electrons. The van der Waals surface area contributed by atoms with Crippen LogP contribution in [-0.2, 0) is 14.3 Å². The minimum absolute atomic E-state index is 0.0526. The second kappa shape index (κ2) is 35.7. The smallest absolute Gasteiger partial charge is 0.329 e. The number of carbonyl (C=O) groups is 2. The van der Waals surface area contributed by atoms with E-state index >= 15 is 0 Å². The van der Waals surface area contributed by atoms with Crippen molar-refractivity contribution in [1.82, 2.24) is 10.2 Å². The van der Waals surface area contributed by atoms with Crippen LogP contribution in [0.5, 0.6) is 0 Å². The van der Waals surface area contributed by atoms with E-state index in [0.29, 0.717) is 19.6 Å². The van der Waals surface area contributed by atoms with Crippen molar-refractivity contribution in [3.63, 3.8) is 0 Å². The van der Waals surface area contributed by atoms with Crippen LogP contribution in [0.2, 0.25) is 0 Å². The van der Waals surface area contributed by atoms with Gasteiger partial charge in [-0.3, -0.25) is 4.79 Å². The molecule has 0 unspecified atom stereocenters. The summed E-state index contributed by atoms with van der Waals surface area (Å²) in [5.74, 6) is -0.368. The molecule has 0 fully saturated rings. The molecule has 0 aliphatic rings. The molecule has 0 spiro atoms. The van der Waals surface area contributed by atoms with Crippen molar-refractivity contribution in [1.29, 1.82) is 0 Å². The number of hydrogen-bond acceptors (Lipinski definition) is 4. The Kier molecular flexibility index (Phi) is 34.0. The summed E-state index contributed by atoms with van der Waals surface area (Å²) < 4.78 is 5.55. The Morgan fingerprint density at radius 3 is 1.43 bits per heavy atom. The third kappa shape index (κ3) is 33.2. The maximum Gasteiger partial charge on any atom is 0.329 e. The third-order valence-corrected chi connectivity index (χ3v) is 8.11. The van der Waals surface area contributed by atoms with Crippen molar-refractivity contribution < 1.29 is 14.3 Å². The van der Waals surface area contributed by atoms with E-state index in [1.807, 2.05) is 19.0 Å². The van der Waals surface area contributed by atoms with E-state index in [1.165, 1.54) is 89.9 Å². The van der Waals surface area contributed by atoms with Gasteiger partial charge in [0.2, 0.25) is 5.91 Å². The topological polar surface area (TPSA) is 58.6 Å². The largest absolute Gasteiger partial charge is 0.464 e. The highest BCUT2D eigenvalue weighted by molar-refractivity contribution is 5.84. The van der Waals surface area contributed by atoms with Crippen molar-refractivity contribution >= 4 is 11.9 Å². The molecule has 0 saturated heterocycles. The zero-order valence-electron chi connectivity index (χ0n) is 30.8. The maximum absolute atomic E-state index is 12.7. The maximum atomic E-state index is 12.7. The van der Waals surface area contributed by atoms with Gasteiger partial charge in [0.1, 0.15) is 6.04 Å². The number of esters is 1. The average Bonchev–Trinajstić information content (AvgIpc) is 3.03. The summed E-state index contributed by atoms with van der Waals surface area (Å²) in [5.41, 5.74) is 0. The van der Waals surface area contributed by atoms with Gasteiger partial charge in [0, 0.05) is 13.0 Å². The molecule has 5 heteroatoms. The van der Waals surface area contributed by atoms with E-state index in [2.05, 4.69) is 67.8 Å². The first-order chi connectivity index (χ1) is 22.5. The Morgan fingerprint density at radius 1 is 0.565 bits per heavy atom. The molecule has 1 amide bonds. The van der Waals surface area contributed by atoms with Crippen LogP contribution in [0.4, 0.5) is 0 Å². The number of carbonyl (C=O) groups excluding carboxylic acids is 2. The summed E-state index contributed by atoms with van der Waals surface area (Å²) in [6.45, 7) is 5.37. The molecular formula is C41H74N2O3. The highest BCUT2D eigenvalue weighted by Gasteiger charge is 2.22. The van der Waals surface area contributed by atoms with Crippen molar-refractivity contribution in [2.75, 3.05) is 27.2 Å². The van der Waals surface area contributed by atoms with Crippen LogP contribution >= 0.6 is 0 Å². The van der Waals surface area contributed by atoms with E-state index < -0.39 is 6.04 Å². The van der Waals surface area contributed by atoms with E-state index in [4.69, 9.17) is 4.74 Å². The minimum Gasteiger partial charge on any atom is -0.464 e. The molecule has 0 aliphatic carbocycles. The molecule has 0 aromatic heterocycles. The number of unbranched alkanes of at least 4 members (excludes halogenated alkanes) is 17. The highest BCUT2D eigenvalue weighted by atomic mass is 16.5. The van der Waals surface area contributed by atoms with Crippen LogP contribution in [0.25, 0.3) is 0 Å². The first kappa shape index (κ1) is 43.9. The monoisotopic (exact) mass is 643 g/mol. The number of amides is 1. The lowest BCUT2D eigenvalue weighted by Crippen LogP contribution is -2.47. The standard InChI is InChI=1S/C41H74N2O3/c1-5-7-9-11-13-15-17-19-21-23-25-27-29-31-33-35-37-46-41(45)39(38-43(3)4)42-40(44)36-34-32-30-28-26-24-22-20-18-16-14-12-10-8-6-2/h13-16,19-22,39H,5-12,17-18,23-38H2,1-4H3,(H,42,44)/b15-13-,16-14-,21-19-,22-20-/t39-/m0/s1. The summed E-state index contributed by atoms with van der Waals surface area (Å²) in [6, 6.07) is -0.606. The van der Waals surface area contributed by atoms with Gasteiger partial charge >= 0.3 is 5.97 Å². The van der Waals surface area contributed by atoms with Gasteiger partial charge in [-0.05, 0) is 91.1 Å². The minimum atomic E-state index is -0.606. The second-order valence-electron chi connectivity index (χ2n) is 13.1. The predicted octanol–water partition coefficient (Wildman–Crippen LogP) is 11.2. The molecule has 1 atom stereocenters. The van der Waals surface area contributed by atoms with Gasteiger partial charge < -0.3 is 15.0 Å². The zero-order chi connectivity index (χ0) is 33.8. The molecule has 1 N–H and O–H groups in total. The lowest BCUT2D eigenvalue weighted by molar-refractivity contribution is -0.148. The summed E-state index contributed by atoms with van der Waals surface area (Å²) in [6.07, 6.45) is 45.8. The van der Waals surface area contributed by atoms with Crippen LogP contribution in [0.3, 0.4) is 0 Å². The number of allylic oxidation sites excluding steroid dienone is 8. The number of nitrogens with one attached hydrogen (secondary N) is 1. The fourth-order valence-electron chi connectivity index (χ4n) is 5.27. The molecule has 0 bridgehead atoms. The van der Waals surface area contributed by atoms with Crippen molar-refractivity contribution in [3.8, 4) is 0 Å². The van der Waals surface area contributed by atoms with Crippen molar-refractivity contribution in [2.45, 2.75) is 174 Å². The molecule has 0 aromatic rings. The zero-order valence-corrected chi connectivity index (χ0v) is 30.8. The molecule has 0 aromatic carbocycles. The van der Waals surface area contributed by atoms with Gasteiger partial charge in [0.15, 0.2) is 0 Å². The number of likely N-dealkylation sites (N-methyl/N-ethyl adjacent to an activating group) is 1. The fraction of sp³-hybridized carbons (Fsp3) is 0.756. The molecule has 0 saturated carbocycles. The number of nitrogens with zero attached hydrogens (tertiary/aromatic N) is 1. The van der Waals surface area contributed by atoms with E-state index in [0.717, 1.165) is 57.8 Å². The normalized spacial score (nSPS) is 12.8. The van der Waals surface area contributed by atoms with Crippen LogP contribution in [0.15, 0.2) is 48.6 Å². The highest BCUT2D eigenvalue weighted by Crippen LogP contribution is 2.10. The summed E-state index contributed by atoms with van der Waals surface area (Å²) >= 11 is 0. The quantitative estimate of drug-likeness (QED) is 0.0439. The van der Waals surface area contributed by atoms with Crippen LogP contribution < -0.4 is 5.32 Å². The average molecular weight is 643 g/mol. The number of rotatable bonds is 33. The molecule has 46 heavy (non-hydrogen) atoms. The first-order valence-corrected chi connectivity index (χ1v) is 19.2. The molecule has 5 nitrogen and oxygen atoms in total. The van der Waals surface area contributed by atoms with E-state index in [1.54, 1.807) is 0 Å². The first-order valence-electron chi connectivity index (χ1n) is 19.2. The summed E-state index contributed by atoms with van der Waals surface area (Å²) in [4.78, 5) is 27.2. The molecule has 0 heterocycles. The van der Waals surface area contributed by atoms with Gasteiger partial charge in [-0.2, -0.15) is 0 Å². The molecule has 0 rings (SSSR count). The lowest BCUT2D eigenvalue weighted by Gasteiger charge is -2.21. The number of ether oxygens (including phenoxy) is 1. The van der Waals surface area contributed by atoms with Crippen LogP contribution in [0.1, 0.15) is 168 Å². The SMILES string of the molecule is CCCCC/C=C\C/C=C\CCCCCCCCOC(=O)[C@H](CN(C)C)NC(=O)CCCCCCC/C=C\C/C=C\CCCCC. The van der Waals surface area contributed by atoms with Gasteiger partial charge in [0.05, 0.1) is 6.61 Å². The summed E-state index contributed by atoms with van der Waals surface area (Å²) in [5, 5.41) is 2.93. The number of hydrogen-bond donors (Lipinski definition) is 1. The summed E-state index contributed by atoms with van der Waals surface area (Å²) in [7, 11) is 3.82. The molecular weight excluding hydrogens is 568 g/mol. The van der Waals surface area contributed by atoms with E-state index in [-0.39, 0.29) is 11.9 Å². The lowest BCUT2D eigenvalue weighted by atomic mass is 10.1. The van der Waals surface area contributed by atoms with Crippen LogP contribution in [0, 0.1) is 0 Å². The third-order valence-electron chi connectivity index (χ3n) is 8.11. The van der Waals surface area contributed by atoms with E-state index in [9.17, 15) is 9.59 Å². The van der Waals surface area contributed by atoms with Gasteiger partial charge in [-0.15, -0.1) is 0 Å². The Bertz CT molecular complexity index is 800. The second-order valence-corrected chi connectivity index (χ2v) is 13.1. The fourth-order valence-corrected chi connectivity index (χ4v) is 5.27.